The number of aryl methyl sites for hydroxylation is 2. The van der Waals surface area contributed by atoms with Gasteiger partial charge in [-0.1, -0.05) is 19.1 Å². The minimum Gasteiger partial charge on any atom is -0.508 e. The molecule has 5 N–H and O–H groups in total. The highest BCUT2D eigenvalue weighted by atomic mass is 16.5. The van der Waals surface area contributed by atoms with Crippen LogP contribution in [0.5, 0.6) is 34.5 Å². The van der Waals surface area contributed by atoms with Crippen molar-refractivity contribution in [1.82, 2.24) is 0 Å². The van der Waals surface area contributed by atoms with E-state index in [9.17, 15) is 25.5 Å². The van der Waals surface area contributed by atoms with Crippen LogP contribution in [0.4, 0.5) is 0 Å². The lowest BCUT2D eigenvalue weighted by atomic mass is 9.72. The summed E-state index contributed by atoms with van der Waals surface area (Å²) < 4.78 is 31.1. The van der Waals surface area contributed by atoms with Crippen LogP contribution in [-0.4, -0.2) is 71.8 Å². The standard InChI is InChI=1S/C46H56O10/c1-4-27-21-35(28-10-7-12-32(48)19-28)30(22-39(27)49)18-31-20-34(55-33-13-5-6-14-33)24-37-44(50)38(26-54-46(31)37)43-40(15-9-17-52-2)56-42-23-29(11-8-16-47)41(53-3)25-36(42)45(43)51/h7,10,12,19-25,33,38,40,43-45,47-51H,4-6,8-9,11,13-18,26H2,1-3H3. The Morgan fingerprint density at radius 1 is 0.839 bits per heavy atom. The van der Waals surface area contributed by atoms with Crippen molar-refractivity contribution >= 4 is 0 Å². The predicted octanol–water partition coefficient (Wildman–Crippen LogP) is 7.75. The van der Waals surface area contributed by atoms with E-state index in [2.05, 4.69) is 0 Å². The summed E-state index contributed by atoms with van der Waals surface area (Å²) in [6, 6.07) is 18.5. The number of phenolic OH excluding ortho intramolecular Hbond substituents is 2. The molecule has 0 radical (unpaired) electrons. The Labute approximate surface area is 329 Å². The number of aliphatic hydroxyl groups is 3. The third-order valence-corrected chi connectivity index (χ3v) is 11.9. The maximum Gasteiger partial charge on any atom is 0.128 e. The molecule has 4 aromatic rings. The third-order valence-electron chi connectivity index (χ3n) is 11.9. The number of aliphatic hydroxyl groups excluding tert-OH is 3. The first-order chi connectivity index (χ1) is 27.2. The van der Waals surface area contributed by atoms with Gasteiger partial charge in [-0.3, -0.25) is 0 Å². The van der Waals surface area contributed by atoms with E-state index in [4.69, 9.17) is 23.7 Å². The van der Waals surface area contributed by atoms with Gasteiger partial charge in [0.15, 0.2) is 0 Å². The Bertz CT molecular complexity index is 1970. The predicted molar refractivity (Wildman–Crippen MR) is 213 cm³/mol. The second kappa shape index (κ2) is 17.8. The fourth-order valence-electron chi connectivity index (χ4n) is 9.00. The third kappa shape index (κ3) is 8.30. The van der Waals surface area contributed by atoms with Crippen LogP contribution in [0.3, 0.4) is 0 Å². The van der Waals surface area contributed by atoms with Crippen molar-refractivity contribution in [3.8, 4) is 45.6 Å². The average molecular weight is 769 g/mol. The van der Waals surface area contributed by atoms with Crippen LogP contribution in [0, 0.1) is 11.8 Å². The Morgan fingerprint density at radius 3 is 2.39 bits per heavy atom. The van der Waals surface area contributed by atoms with Gasteiger partial charge in [-0.15, -0.1) is 0 Å². The van der Waals surface area contributed by atoms with Crippen LogP contribution in [0.1, 0.15) is 97.5 Å². The first-order valence-corrected chi connectivity index (χ1v) is 20.2. The molecule has 0 bridgehead atoms. The van der Waals surface area contributed by atoms with Crippen molar-refractivity contribution < 1.29 is 49.2 Å². The van der Waals surface area contributed by atoms with Crippen molar-refractivity contribution in [2.45, 2.75) is 95.5 Å². The number of hydrogen-bond acceptors (Lipinski definition) is 10. The highest BCUT2D eigenvalue weighted by Crippen LogP contribution is 2.52. The maximum absolute atomic E-state index is 12.5. The molecule has 10 nitrogen and oxygen atoms in total. The molecule has 5 unspecified atom stereocenters. The number of phenols is 2. The zero-order valence-corrected chi connectivity index (χ0v) is 32.7. The molecule has 0 spiro atoms. The van der Waals surface area contributed by atoms with Crippen LogP contribution in [0.15, 0.2) is 60.7 Å². The van der Waals surface area contributed by atoms with E-state index >= 15 is 0 Å². The van der Waals surface area contributed by atoms with Gasteiger partial charge >= 0.3 is 0 Å². The molecule has 56 heavy (non-hydrogen) atoms. The maximum atomic E-state index is 12.5. The minimum atomic E-state index is -1.02. The molecule has 5 atom stereocenters. The normalized spacial score (nSPS) is 21.9. The molecule has 2 heterocycles. The van der Waals surface area contributed by atoms with Crippen LogP contribution in [0.25, 0.3) is 11.1 Å². The fourth-order valence-corrected chi connectivity index (χ4v) is 9.00. The average Bonchev–Trinajstić information content (AvgIpc) is 3.71. The smallest absolute Gasteiger partial charge is 0.128 e. The van der Waals surface area contributed by atoms with Crippen molar-refractivity contribution in [3.63, 3.8) is 0 Å². The van der Waals surface area contributed by atoms with Crippen molar-refractivity contribution in [1.29, 1.82) is 0 Å². The van der Waals surface area contributed by atoms with Crippen molar-refractivity contribution in [2.75, 3.05) is 34.0 Å². The van der Waals surface area contributed by atoms with E-state index in [1.807, 2.05) is 43.3 Å². The molecule has 1 saturated carbocycles. The van der Waals surface area contributed by atoms with Gasteiger partial charge in [0, 0.05) is 55.3 Å². The van der Waals surface area contributed by atoms with Crippen LogP contribution >= 0.6 is 0 Å². The first kappa shape index (κ1) is 39.7. The summed E-state index contributed by atoms with van der Waals surface area (Å²) in [5, 5.41) is 55.7. The number of aromatic hydroxyl groups is 2. The number of rotatable bonds is 15. The molecule has 0 amide bonds. The number of benzene rings is 4. The lowest BCUT2D eigenvalue weighted by molar-refractivity contribution is -0.0890. The van der Waals surface area contributed by atoms with Gasteiger partial charge in [0.2, 0.25) is 0 Å². The Morgan fingerprint density at radius 2 is 1.66 bits per heavy atom. The number of ether oxygens (including phenoxy) is 5. The SMILES string of the molecule is CCc1cc(-c2cccc(O)c2)c(Cc2cc(OC3CCCC3)cc3c2OCC(C2C(CCCOC)Oc4cc(CCCO)c(OC)cc4C2O)C3O)cc1O. The monoisotopic (exact) mass is 768 g/mol. The summed E-state index contributed by atoms with van der Waals surface area (Å²) in [6.45, 7) is 2.70. The van der Waals surface area contributed by atoms with Gasteiger partial charge in [-0.05, 0) is 134 Å². The van der Waals surface area contributed by atoms with E-state index in [-0.39, 0.29) is 30.8 Å². The summed E-state index contributed by atoms with van der Waals surface area (Å²) in [7, 11) is 3.25. The summed E-state index contributed by atoms with van der Waals surface area (Å²) in [5.41, 5.74) is 6.23. The summed E-state index contributed by atoms with van der Waals surface area (Å²) in [5.74, 6) is 1.67. The summed E-state index contributed by atoms with van der Waals surface area (Å²) in [6.07, 6.45) is 5.20. The molecule has 4 aromatic carbocycles. The quantitative estimate of drug-likeness (QED) is 0.0761. The van der Waals surface area contributed by atoms with Gasteiger partial charge in [-0.2, -0.15) is 0 Å². The highest BCUT2D eigenvalue weighted by molar-refractivity contribution is 5.72. The molecular formula is C46H56O10. The molecule has 2 aliphatic heterocycles. The molecule has 300 valence electrons. The van der Waals surface area contributed by atoms with Gasteiger partial charge in [0.1, 0.15) is 40.6 Å². The number of hydrogen-bond donors (Lipinski definition) is 5. The van der Waals surface area contributed by atoms with Crippen molar-refractivity contribution in [2.24, 2.45) is 11.8 Å². The van der Waals surface area contributed by atoms with E-state index in [1.165, 1.54) is 0 Å². The Kier molecular flexibility index (Phi) is 12.6. The van der Waals surface area contributed by atoms with Gasteiger partial charge < -0.3 is 49.2 Å². The van der Waals surface area contributed by atoms with E-state index in [1.54, 1.807) is 38.5 Å². The van der Waals surface area contributed by atoms with Gasteiger partial charge in [-0.25, -0.2) is 0 Å². The van der Waals surface area contributed by atoms with Gasteiger partial charge in [0.05, 0.1) is 32.0 Å². The molecule has 0 saturated heterocycles. The zero-order valence-electron chi connectivity index (χ0n) is 32.7. The van der Waals surface area contributed by atoms with E-state index < -0.39 is 30.1 Å². The second-order valence-electron chi connectivity index (χ2n) is 15.5. The fraction of sp³-hybridized carbons (Fsp3) is 0.478. The number of fused-ring (bicyclic) bond motifs is 2. The zero-order chi connectivity index (χ0) is 39.3. The van der Waals surface area contributed by atoms with Crippen LogP contribution in [0.2, 0.25) is 0 Å². The van der Waals surface area contributed by atoms with E-state index in [0.717, 1.165) is 59.1 Å². The van der Waals surface area contributed by atoms with E-state index in [0.29, 0.717) is 79.3 Å². The molecule has 1 fully saturated rings. The Balaban J connectivity index is 1.28. The number of methoxy groups -OCH3 is 2. The van der Waals surface area contributed by atoms with Crippen LogP contribution in [-0.2, 0) is 24.0 Å². The molecular weight excluding hydrogens is 712 g/mol. The lowest BCUT2D eigenvalue weighted by Crippen LogP contribution is -2.46. The molecule has 1 aliphatic carbocycles. The topological polar surface area (TPSA) is 147 Å². The minimum absolute atomic E-state index is 0.0496. The van der Waals surface area contributed by atoms with Crippen molar-refractivity contribution in [3.05, 3.63) is 94.0 Å². The molecule has 3 aliphatic rings. The van der Waals surface area contributed by atoms with Crippen LogP contribution < -0.4 is 18.9 Å². The highest BCUT2D eigenvalue weighted by Gasteiger charge is 2.48. The molecule has 0 aromatic heterocycles. The summed E-state index contributed by atoms with van der Waals surface area (Å²) >= 11 is 0. The second-order valence-corrected chi connectivity index (χ2v) is 15.5. The Hall–Kier alpha value is -4.48. The molecule has 7 rings (SSSR count). The first-order valence-electron chi connectivity index (χ1n) is 20.2. The lowest BCUT2D eigenvalue weighted by Gasteiger charge is -2.45. The largest absolute Gasteiger partial charge is 0.508 e. The summed E-state index contributed by atoms with van der Waals surface area (Å²) in [4.78, 5) is 0. The van der Waals surface area contributed by atoms with Gasteiger partial charge in [0.25, 0.3) is 0 Å². The molecule has 10 heteroatoms.